The average Bonchev–Trinajstić information content (AvgIpc) is 2.19. The van der Waals surface area contributed by atoms with E-state index in [1.807, 2.05) is 18.2 Å². The number of hydrogen-bond donors (Lipinski definition) is 2. The summed E-state index contributed by atoms with van der Waals surface area (Å²) in [6.07, 6.45) is 0.929. The van der Waals surface area contributed by atoms with Crippen LogP contribution in [0.2, 0.25) is 0 Å². The molecule has 0 bridgehead atoms. The molecule has 0 spiro atoms. The van der Waals surface area contributed by atoms with Gasteiger partial charge in [0.15, 0.2) is 5.75 Å². The van der Waals surface area contributed by atoms with E-state index in [2.05, 4.69) is 11.9 Å². The van der Waals surface area contributed by atoms with E-state index in [-0.39, 0.29) is 5.75 Å². The molecule has 14 heavy (non-hydrogen) atoms. The summed E-state index contributed by atoms with van der Waals surface area (Å²) in [6.45, 7) is 2.06. The third kappa shape index (κ3) is 1.37. The Kier molecular flexibility index (Phi) is 2.00. The summed E-state index contributed by atoms with van der Waals surface area (Å²) in [5, 5.41) is 10.0. The lowest BCUT2D eigenvalue weighted by molar-refractivity contribution is 0.468. The standard InChI is InChI=1S/C11H11NO2/c1-2-7-3-4-8-6-10(13)11(14)12-9(8)5-7/h3-6,13H,2H2,1H3,(H,12,14). The number of benzene rings is 1. The maximum Gasteiger partial charge on any atom is 0.290 e. The summed E-state index contributed by atoms with van der Waals surface area (Å²) in [4.78, 5) is 13.8. The van der Waals surface area contributed by atoms with Gasteiger partial charge in [-0.3, -0.25) is 4.79 Å². The Morgan fingerprint density at radius 3 is 2.86 bits per heavy atom. The molecule has 0 radical (unpaired) electrons. The molecule has 2 aromatic rings. The third-order valence-corrected chi connectivity index (χ3v) is 2.30. The summed E-state index contributed by atoms with van der Waals surface area (Å²) < 4.78 is 0. The number of H-pyrrole nitrogens is 1. The number of aromatic amines is 1. The van der Waals surface area contributed by atoms with Crippen LogP contribution in [0, 0.1) is 0 Å². The highest BCUT2D eigenvalue weighted by molar-refractivity contribution is 5.80. The van der Waals surface area contributed by atoms with E-state index >= 15 is 0 Å². The molecule has 3 nitrogen and oxygen atoms in total. The van der Waals surface area contributed by atoms with Gasteiger partial charge in [-0.05, 0) is 24.1 Å². The lowest BCUT2D eigenvalue weighted by Gasteiger charge is -2.01. The number of nitrogens with one attached hydrogen (secondary N) is 1. The van der Waals surface area contributed by atoms with Crippen molar-refractivity contribution in [2.24, 2.45) is 0 Å². The summed E-state index contributed by atoms with van der Waals surface area (Å²) in [5.41, 5.74) is 1.50. The van der Waals surface area contributed by atoms with Gasteiger partial charge in [0.05, 0.1) is 0 Å². The normalized spacial score (nSPS) is 10.6. The maximum atomic E-state index is 11.1. The smallest absolute Gasteiger partial charge is 0.290 e. The zero-order valence-electron chi connectivity index (χ0n) is 7.87. The number of hydrogen-bond acceptors (Lipinski definition) is 2. The number of pyridine rings is 1. The van der Waals surface area contributed by atoms with E-state index in [0.717, 1.165) is 17.3 Å². The SMILES string of the molecule is CCc1ccc2cc(O)c(=O)[nH]c2c1. The van der Waals surface area contributed by atoms with Crippen molar-refractivity contribution < 1.29 is 5.11 Å². The summed E-state index contributed by atoms with van der Waals surface area (Å²) in [7, 11) is 0. The number of aromatic nitrogens is 1. The van der Waals surface area contributed by atoms with Gasteiger partial charge in [-0.25, -0.2) is 0 Å². The Hall–Kier alpha value is -1.77. The fourth-order valence-corrected chi connectivity index (χ4v) is 1.46. The number of fused-ring (bicyclic) bond motifs is 1. The van der Waals surface area contributed by atoms with Crippen LogP contribution in [0.5, 0.6) is 5.75 Å². The molecule has 0 saturated heterocycles. The minimum atomic E-state index is -0.439. The van der Waals surface area contributed by atoms with E-state index in [1.54, 1.807) is 0 Å². The van der Waals surface area contributed by atoms with E-state index < -0.39 is 5.56 Å². The van der Waals surface area contributed by atoms with Crippen molar-refractivity contribution in [3.63, 3.8) is 0 Å². The van der Waals surface area contributed by atoms with E-state index in [9.17, 15) is 9.90 Å². The summed E-state index contributed by atoms with van der Waals surface area (Å²) in [6, 6.07) is 7.29. The zero-order valence-corrected chi connectivity index (χ0v) is 7.87. The first-order valence-corrected chi connectivity index (χ1v) is 4.55. The molecule has 0 aliphatic carbocycles. The second kappa shape index (κ2) is 3.18. The highest BCUT2D eigenvalue weighted by atomic mass is 16.3. The molecule has 0 amide bonds. The quantitative estimate of drug-likeness (QED) is 0.718. The van der Waals surface area contributed by atoms with Crippen LogP contribution in [0.3, 0.4) is 0 Å². The van der Waals surface area contributed by atoms with Crippen LogP contribution in [0.1, 0.15) is 12.5 Å². The van der Waals surface area contributed by atoms with Crippen LogP contribution >= 0.6 is 0 Å². The number of aromatic hydroxyl groups is 1. The molecule has 0 atom stereocenters. The molecule has 0 aliphatic heterocycles. The fraction of sp³-hybridized carbons (Fsp3) is 0.182. The number of aryl methyl sites for hydroxylation is 1. The van der Waals surface area contributed by atoms with Crippen LogP contribution in [0.25, 0.3) is 10.9 Å². The first kappa shape index (κ1) is 8.81. The number of rotatable bonds is 1. The third-order valence-electron chi connectivity index (χ3n) is 2.30. The highest BCUT2D eigenvalue weighted by Crippen LogP contribution is 2.15. The van der Waals surface area contributed by atoms with Crippen molar-refractivity contribution >= 4 is 10.9 Å². The van der Waals surface area contributed by atoms with E-state index in [0.29, 0.717) is 0 Å². The van der Waals surface area contributed by atoms with E-state index in [4.69, 9.17) is 0 Å². The molecule has 2 N–H and O–H groups in total. The van der Waals surface area contributed by atoms with Gasteiger partial charge in [0.2, 0.25) is 0 Å². The van der Waals surface area contributed by atoms with Crippen LogP contribution in [0.15, 0.2) is 29.1 Å². The Morgan fingerprint density at radius 2 is 2.14 bits per heavy atom. The summed E-state index contributed by atoms with van der Waals surface area (Å²) in [5.74, 6) is -0.234. The minimum Gasteiger partial charge on any atom is -0.503 e. The van der Waals surface area contributed by atoms with Crippen LogP contribution < -0.4 is 5.56 Å². The Labute approximate surface area is 81.0 Å². The maximum absolute atomic E-state index is 11.1. The van der Waals surface area contributed by atoms with Crippen molar-refractivity contribution in [1.29, 1.82) is 0 Å². The lowest BCUT2D eigenvalue weighted by atomic mass is 10.1. The molecule has 1 aromatic heterocycles. The predicted molar refractivity (Wildman–Crippen MR) is 55.6 cm³/mol. The average molecular weight is 189 g/mol. The van der Waals surface area contributed by atoms with Gasteiger partial charge in [0.25, 0.3) is 5.56 Å². The molecule has 0 aliphatic rings. The molecule has 1 aromatic carbocycles. The second-order valence-electron chi connectivity index (χ2n) is 3.26. The molecule has 1 heterocycles. The van der Waals surface area contributed by atoms with Gasteiger partial charge >= 0.3 is 0 Å². The van der Waals surface area contributed by atoms with Gasteiger partial charge in [-0.2, -0.15) is 0 Å². The summed E-state index contributed by atoms with van der Waals surface area (Å²) >= 11 is 0. The molecule has 0 fully saturated rings. The van der Waals surface area contributed by atoms with Crippen molar-refractivity contribution in [3.8, 4) is 5.75 Å². The topological polar surface area (TPSA) is 53.1 Å². The first-order chi connectivity index (χ1) is 6.70. The molecular formula is C11H11NO2. The van der Waals surface area contributed by atoms with Gasteiger partial charge in [0, 0.05) is 10.9 Å². The molecule has 0 saturated carbocycles. The van der Waals surface area contributed by atoms with Crippen molar-refractivity contribution in [1.82, 2.24) is 4.98 Å². The highest BCUT2D eigenvalue weighted by Gasteiger charge is 2.00. The van der Waals surface area contributed by atoms with Gasteiger partial charge in [-0.1, -0.05) is 19.1 Å². The minimum absolute atomic E-state index is 0.234. The van der Waals surface area contributed by atoms with E-state index in [1.165, 1.54) is 11.6 Å². The molecule has 72 valence electrons. The van der Waals surface area contributed by atoms with Crippen LogP contribution in [-0.2, 0) is 6.42 Å². The van der Waals surface area contributed by atoms with Crippen LogP contribution in [0.4, 0.5) is 0 Å². The first-order valence-electron chi connectivity index (χ1n) is 4.55. The molecular weight excluding hydrogens is 178 g/mol. The van der Waals surface area contributed by atoms with Crippen molar-refractivity contribution in [2.45, 2.75) is 13.3 Å². The monoisotopic (exact) mass is 189 g/mol. The Morgan fingerprint density at radius 1 is 1.36 bits per heavy atom. The lowest BCUT2D eigenvalue weighted by Crippen LogP contribution is -2.04. The second-order valence-corrected chi connectivity index (χ2v) is 3.26. The Balaban J connectivity index is 2.77. The van der Waals surface area contributed by atoms with Crippen molar-refractivity contribution in [3.05, 3.63) is 40.2 Å². The van der Waals surface area contributed by atoms with Crippen LogP contribution in [-0.4, -0.2) is 10.1 Å². The molecule has 0 unspecified atom stereocenters. The van der Waals surface area contributed by atoms with Crippen molar-refractivity contribution in [2.75, 3.05) is 0 Å². The van der Waals surface area contributed by atoms with Gasteiger partial charge < -0.3 is 10.1 Å². The Bertz CT molecular complexity index is 528. The predicted octanol–water partition coefficient (Wildman–Crippen LogP) is 1.80. The molecule has 2 rings (SSSR count). The molecule has 3 heteroatoms. The fourth-order valence-electron chi connectivity index (χ4n) is 1.46. The van der Waals surface area contributed by atoms with Gasteiger partial charge in [0.1, 0.15) is 0 Å². The van der Waals surface area contributed by atoms with Gasteiger partial charge in [-0.15, -0.1) is 0 Å². The zero-order chi connectivity index (χ0) is 10.1. The largest absolute Gasteiger partial charge is 0.503 e.